The predicted octanol–water partition coefficient (Wildman–Crippen LogP) is 2.88. The molecule has 0 aliphatic rings. The summed E-state index contributed by atoms with van der Waals surface area (Å²) in [4.78, 5) is 17.3. The fourth-order valence-corrected chi connectivity index (χ4v) is 3.05. The maximum absolute atomic E-state index is 11.7. The van der Waals surface area contributed by atoms with Gasteiger partial charge in [-0.05, 0) is 35.4 Å². The minimum atomic E-state index is -0.116. The molecule has 5 heteroatoms. The molecule has 2 heterocycles. The molecule has 2 N–H and O–H groups in total. The van der Waals surface area contributed by atoms with Gasteiger partial charge in [-0.1, -0.05) is 30.3 Å². The van der Waals surface area contributed by atoms with Crippen molar-refractivity contribution in [2.75, 3.05) is 5.73 Å². The van der Waals surface area contributed by atoms with Gasteiger partial charge in [0.1, 0.15) is 0 Å². The van der Waals surface area contributed by atoms with Gasteiger partial charge in [-0.2, -0.15) is 0 Å². The third kappa shape index (κ3) is 3.09. The largest absolute Gasteiger partial charge is 0.369 e. The molecule has 0 fully saturated rings. The summed E-state index contributed by atoms with van der Waals surface area (Å²) in [5.74, 6) is 0.259. The Morgan fingerprint density at radius 2 is 2.05 bits per heavy atom. The number of nitrogens with zero attached hydrogens (tertiary/aromatic N) is 2. The van der Waals surface area contributed by atoms with E-state index in [1.807, 2.05) is 0 Å². The number of nitrogen functional groups attached to an aromatic ring is 1. The van der Waals surface area contributed by atoms with Gasteiger partial charge < -0.3 is 5.73 Å². The quantitative estimate of drug-likeness (QED) is 0.806. The first-order valence-corrected chi connectivity index (χ1v) is 7.97. The number of thiophene rings is 1. The summed E-state index contributed by atoms with van der Waals surface area (Å²) in [6.45, 7) is 0. The highest BCUT2D eigenvalue weighted by Gasteiger charge is 2.05. The summed E-state index contributed by atoms with van der Waals surface area (Å²) in [6.07, 6.45) is 1.53. The second kappa shape index (κ2) is 6.15. The van der Waals surface area contributed by atoms with Gasteiger partial charge >= 0.3 is 0 Å². The van der Waals surface area contributed by atoms with Gasteiger partial charge in [0.25, 0.3) is 5.56 Å². The minimum absolute atomic E-state index is 0.116. The SMILES string of the molecule is Cn1c(N)nc(CCc2cccc(-c3cccs3)c2)cc1=O. The fraction of sp³-hybridized carbons (Fsp3) is 0.176. The van der Waals surface area contributed by atoms with E-state index in [-0.39, 0.29) is 11.5 Å². The van der Waals surface area contributed by atoms with E-state index >= 15 is 0 Å². The van der Waals surface area contributed by atoms with Gasteiger partial charge in [0.15, 0.2) is 0 Å². The second-order valence-corrected chi connectivity index (χ2v) is 6.13. The summed E-state index contributed by atoms with van der Waals surface area (Å²) in [6, 6.07) is 14.2. The van der Waals surface area contributed by atoms with E-state index in [1.165, 1.54) is 20.6 Å². The van der Waals surface area contributed by atoms with Gasteiger partial charge in [0.2, 0.25) is 5.95 Å². The Morgan fingerprint density at radius 3 is 2.77 bits per heavy atom. The van der Waals surface area contributed by atoms with Crippen LogP contribution >= 0.6 is 11.3 Å². The van der Waals surface area contributed by atoms with Crippen LogP contribution in [0.2, 0.25) is 0 Å². The molecule has 0 aliphatic heterocycles. The lowest BCUT2D eigenvalue weighted by Crippen LogP contribution is -2.21. The number of hydrogen-bond acceptors (Lipinski definition) is 4. The second-order valence-electron chi connectivity index (χ2n) is 5.18. The van der Waals surface area contributed by atoms with Crippen molar-refractivity contribution in [1.29, 1.82) is 0 Å². The van der Waals surface area contributed by atoms with Crippen LogP contribution in [0.3, 0.4) is 0 Å². The average molecular weight is 311 g/mol. The number of anilines is 1. The molecule has 0 saturated carbocycles. The molecular formula is C17H17N3OS. The normalized spacial score (nSPS) is 10.8. The molecule has 0 saturated heterocycles. The molecule has 0 atom stereocenters. The van der Waals surface area contributed by atoms with Crippen LogP contribution in [0, 0.1) is 0 Å². The molecule has 0 bridgehead atoms. The Hall–Kier alpha value is -2.40. The van der Waals surface area contributed by atoms with Crippen molar-refractivity contribution in [2.24, 2.45) is 7.05 Å². The maximum atomic E-state index is 11.7. The van der Waals surface area contributed by atoms with E-state index in [9.17, 15) is 4.79 Å². The Balaban J connectivity index is 1.77. The van der Waals surface area contributed by atoms with E-state index < -0.39 is 0 Å². The molecule has 22 heavy (non-hydrogen) atoms. The topological polar surface area (TPSA) is 60.9 Å². The van der Waals surface area contributed by atoms with Crippen LogP contribution < -0.4 is 11.3 Å². The van der Waals surface area contributed by atoms with Crippen molar-refractivity contribution in [3.8, 4) is 10.4 Å². The van der Waals surface area contributed by atoms with E-state index in [0.717, 1.165) is 12.1 Å². The monoisotopic (exact) mass is 311 g/mol. The van der Waals surface area contributed by atoms with Crippen molar-refractivity contribution in [2.45, 2.75) is 12.8 Å². The van der Waals surface area contributed by atoms with Gasteiger partial charge in [-0.25, -0.2) is 4.98 Å². The van der Waals surface area contributed by atoms with Crippen LogP contribution in [-0.2, 0) is 19.9 Å². The first kappa shape index (κ1) is 14.5. The Morgan fingerprint density at radius 1 is 1.18 bits per heavy atom. The van der Waals surface area contributed by atoms with Crippen molar-refractivity contribution in [3.05, 3.63) is 69.5 Å². The maximum Gasteiger partial charge on any atom is 0.254 e. The number of rotatable bonds is 4. The Bertz CT molecular complexity index is 837. The Kier molecular flexibility index (Phi) is 4.06. The summed E-state index contributed by atoms with van der Waals surface area (Å²) >= 11 is 1.73. The zero-order chi connectivity index (χ0) is 15.5. The first-order chi connectivity index (χ1) is 10.6. The Labute approximate surface area is 132 Å². The number of hydrogen-bond donors (Lipinski definition) is 1. The van der Waals surface area contributed by atoms with Crippen LogP contribution in [0.1, 0.15) is 11.3 Å². The lowest BCUT2D eigenvalue weighted by Gasteiger charge is -2.06. The molecular weight excluding hydrogens is 294 g/mol. The van der Waals surface area contributed by atoms with Gasteiger partial charge in [0.05, 0.1) is 5.69 Å². The number of aromatic nitrogens is 2. The summed E-state index contributed by atoms with van der Waals surface area (Å²) in [5, 5.41) is 2.08. The number of benzene rings is 1. The highest BCUT2D eigenvalue weighted by Crippen LogP contribution is 2.25. The highest BCUT2D eigenvalue weighted by molar-refractivity contribution is 7.13. The molecule has 1 aromatic carbocycles. The molecule has 0 amide bonds. The molecule has 0 aliphatic carbocycles. The smallest absolute Gasteiger partial charge is 0.254 e. The summed E-state index contributed by atoms with van der Waals surface area (Å²) < 4.78 is 1.35. The van der Waals surface area contributed by atoms with Crippen LogP contribution in [-0.4, -0.2) is 9.55 Å². The average Bonchev–Trinajstić information content (AvgIpc) is 3.05. The van der Waals surface area contributed by atoms with Crippen molar-refractivity contribution < 1.29 is 0 Å². The molecule has 2 aromatic heterocycles. The number of nitrogens with two attached hydrogens (primary N) is 1. The van der Waals surface area contributed by atoms with E-state index in [4.69, 9.17) is 5.73 Å². The van der Waals surface area contributed by atoms with Crippen LogP contribution in [0.25, 0.3) is 10.4 Å². The van der Waals surface area contributed by atoms with E-state index in [1.54, 1.807) is 24.5 Å². The standard InChI is InChI=1S/C17H17N3OS/c1-20-16(21)11-14(19-17(20)18)8-7-12-4-2-5-13(10-12)15-6-3-9-22-15/h2-6,9-11H,7-8H2,1H3,(H2,18,19). The molecule has 0 spiro atoms. The molecule has 0 radical (unpaired) electrons. The first-order valence-electron chi connectivity index (χ1n) is 7.09. The van der Waals surface area contributed by atoms with Crippen molar-refractivity contribution >= 4 is 17.3 Å². The lowest BCUT2D eigenvalue weighted by molar-refractivity contribution is 0.806. The predicted molar refractivity (Wildman–Crippen MR) is 91.1 cm³/mol. The zero-order valence-electron chi connectivity index (χ0n) is 12.3. The lowest BCUT2D eigenvalue weighted by atomic mass is 10.0. The van der Waals surface area contributed by atoms with Gasteiger partial charge in [-0.15, -0.1) is 11.3 Å². The van der Waals surface area contributed by atoms with Crippen LogP contribution in [0.5, 0.6) is 0 Å². The van der Waals surface area contributed by atoms with Crippen molar-refractivity contribution in [3.63, 3.8) is 0 Å². The van der Waals surface area contributed by atoms with Crippen molar-refractivity contribution in [1.82, 2.24) is 9.55 Å². The fourth-order valence-electron chi connectivity index (χ4n) is 2.33. The summed E-state index contributed by atoms with van der Waals surface area (Å²) in [5.41, 5.74) is 8.81. The molecule has 3 rings (SSSR count). The molecule has 0 unspecified atom stereocenters. The van der Waals surface area contributed by atoms with Gasteiger partial charge in [0, 0.05) is 18.0 Å². The molecule has 4 nitrogen and oxygen atoms in total. The van der Waals surface area contributed by atoms with Crippen LogP contribution in [0.4, 0.5) is 5.95 Å². The van der Waals surface area contributed by atoms with E-state index in [2.05, 4.69) is 46.8 Å². The third-order valence-electron chi connectivity index (χ3n) is 3.62. The minimum Gasteiger partial charge on any atom is -0.369 e. The van der Waals surface area contributed by atoms with Gasteiger partial charge in [-0.3, -0.25) is 9.36 Å². The highest BCUT2D eigenvalue weighted by atomic mass is 32.1. The number of aryl methyl sites for hydroxylation is 2. The molecule has 112 valence electrons. The zero-order valence-corrected chi connectivity index (χ0v) is 13.1. The third-order valence-corrected chi connectivity index (χ3v) is 4.54. The van der Waals surface area contributed by atoms with Crippen LogP contribution in [0.15, 0.2) is 52.6 Å². The molecule has 3 aromatic rings. The summed E-state index contributed by atoms with van der Waals surface area (Å²) in [7, 11) is 1.62. The van der Waals surface area contributed by atoms with E-state index in [0.29, 0.717) is 6.42 Å².